The van der Waals surface area contributed by atoms with Gasteiger partial charge in [-0.05, 0) is 75.2 Å². The lowest BCUT2D eigenvalue weighted by Gasteiger charge is -2.40. The van der Waals surface area contributed by atoms with E-state index in [0.717, 1.165) is 57.1 Å². The van der Waals surface area contributed by atoms with Crippen molar-refractivity contribution in [3.63, 3.8) is 0 Å². The number of carboxylic acid groups (broad SMARTS) is 1. The first-order valence-corrected chi connectivity index (χ1v) is 12.1. The molecule has 3 fully saturated rings. The molecule has 2 aromatic rings. The monoisotopic (exact) mass is 471 g/mol. The van der Waals surface area contributed by atoms with Crippen LogP contribution in [0.3, 0.4) is 0 Å². The summed E-state index contributed by atoms with van der Waals surface area (Å²) in [4.78, 5) is 38.8. The molecule has 0 atom stereocenters. The molecule has 9 nitrogen and oxygen atoms in total. The molecule has 0 radical (unpaired) electrons. The predicted molar refractivity (Wildman–Crippen MR) is 123 cm³/mol. The maximum atomic E-state index is 15.3. The number of nitrogens with one attached hydrogen (secondary N) is 1. The SMILES string of the molecule is Cn1nc(N2CCC(=O)NC2=O)c2cc(F)c(C3CCN(C4CCC(C(=O)O)CC4)CC3)cc21. The second kappa shape index (κ2) is 8.98. The number of amides is 3. The normalized spacial score (nSPS) is 25.1. The van der Waals surface area contributed by atoms with Gasteiger partial charge in [-0.15, -0.1) is 0 Å². The second-order valence-corrected chi connectivity index (χ2v) is 9.75. The summed E-state index contributed by atoms with van der Waals surface area (Å²) in [5.41, 5.74) is 1.43. The zero-order valence-corrected chi connectivity index (χ0v) is 19.3. The van der Waals surface area contributed by atoms with E-state index in [2.05, 4.69) is 15.3 Å². The van der Waals surface area contributed by atoms with Crippen molar-refractivity contribution in [2.24, 2.45) is 13.0 Å². The van der Waals surface area contributed by atoms with Gasteiger partial charge in [-0.2, -0.15) is 5.10 Å². The zero-order valence-electron chi connectivity index (χ0n) is 19.3. The van der Waals surface area contributed by atoms with E-state index in [1.165, 1.54) is 11.0 Å². The molecule has 34 heavy (non-hydrogen) atoms. The Balaban J connectivity index is 1.30. The number of anilines is 1. The maximum Gasteiger partial charge on any atom is 0.329 e. The molecule has 182 valence electrons. The number of nitrogens with zero attached hydrogens (tertiary/aromatic N) is 4. The van der Waals surface area contributed by atoms with E-state index >= 15 is 4.39 Å². The van der Waals surface area contributed by atoms with Gasteiger partial charge < -0.3 is 10.0 Å². The van der Waals surface area contributed by atoms with Crippen LogP contribution in [0.1, 0.15) is 56.4 Å². The number of imide groups is 1. The van der Waals surface area contributed by atoms with Crippen molar-refractivity contribution < 1.29 is 23.9 Å². The fourth-order valence-electron chi connectivity index (χ4n) is 5.82. The maximum absolute atomic E-state index is 15.3. The van der Waals surface area contributed by atoms with Crippen LogP contribution in [0, 0.1) is 11.7 Å². The van der Waals surface area contributed by atoms with Crippen LogP contribution in [-0.2, 0) is 16.6 Å². The van der Waals surface area contributed by atoms with Crippen molar-refractivity contribution in [1.82, 2.24) is 20.0 Å². The molecule has 3 amide bonds. The van der Waals surface area contributed by atoms with Crippen molar-refractivity contribution in [2.45, 2.75) is 56.9 Å². The van der Waals surface area contributed by atoms with Crippen molar-refractivity contribution in [1.29, 1.82) is 0 Å². The Morgan fingerprint density at radius 1 is 1.09 bits per heavy atom. The van der Waals surface area contributed by atoms with E-state index in [1.807, 2.05) is 6.07 Å². The number of hydrogen-bond donors (Lipinski definition) is 2. The van der Waals surface area contributed by atoms with Crippen LogP contribution < -0.4 is 10.2 Å². The number of halogens is 1. The van der Waals surface area contributed by atoms with Gasteiger partial charge in [-0.1, -0.05) is 0 Å². The number of aromatic nitrogens is 2. The quantitative estimate of drug-likeness (QED) is 0.710. The fourth-order valence-corrected chi connectivity index (χ4v) is 5.82. The Bertz CT molecular complexity index is 1130. The molecule has 10 heteroatoms. The van der Waals surface area contributed by atoms with Gasteiger partial charge in [-0.3, -0.25) is 24.5 Å². The third-order valence-electron chi connectivity index (χ3n) is 7.79. The average Bonchev–Trinajstić information content (AvgIpc) is 3.13. The van der Waals surface area contributed by atoms with Crippen LogP contribution in [0.4, 0.5) is 15.0 Å². The lowest BCUT2D eigenvalue weighted by atomic mass is 9.83. The van der Waals surface area contributed by atoms with E-state index in [1.54, 1.807) is 11.7 Å². The Kier molecular flexibility index (Phi) is 6.01. The van der Waals surface area contributed by atoms with Gasteiger partial charge in [-0.25, -0.2) is 9.18 Å². The summed E-state index contributed by atoms with van der Waals surface area (Å²) in [6.07, 6.45) is 5.17. The number of aryl methyl sites for hydroxylation is 1. The molecular weight excluding hydrogens is 441 g/mol. The Morgan fingerprint density at radius 2 is 1.79 bits per heavy atom. The first kappa shape index (κ1) is 22.8. The first-order valence-electron chi connectivity index (χ1n) is 12.1. The zero-order chi connectivity index (χ0) is 24.0. The lowest BCUT2D eigenvalue weighted by Crippen LogP contribution is -2.49. The lowest BCUT2D eigenvalue weighted by molar-refractivity contribution is -0.143. The molecule has 0 spiro atoms. The minimum Gasteiger partial charge on any atom is -0.481 e. The van der Waals surface area contributed by atoms with Gasteiger partial charge in [0.2, 0.25) is 5.91 Å². The number of piperidine rings is 1. The van der Waals surface area contributed by atoms with Gasteiger partial charge in [0, 0.05) is 31.4 Å². The van der Waals surface area contributed by atoms with Crippen LogP contribution >= 0.6 is 0 Å². The van der Waals surface area contributed by atoms with Crippen LogP contribution in [0.15, 0.2) is 12.1 Å². The summed E-state index contributed by atoms with van der Waals surface area (Å²) in [6.45, 7) is 1.97. The number of carbonyl (C=O) groups excluding carboxylic acids is 2. The van der Waals surface area contributed by atoms with Crippen molar-refractivity contribution in [3.05, 3.63) is 23.5 Å². The number of hydrogen-bond acceptors (Lipinski definition) is 5. The summed E-state index contributed by atoms with van der Waals surface area (Å²) in [6, 6.07) is 3.21. The molecule has 1 saturated carbocycles. The molecule has 0 bridgehead atoms. The Morgan fingerprint density at radius 3 is 2.44 bits per heavy atom. The molecular formula is C24H30FN5O4. The molecule has 1 aliphatic carbocycles. The van der Waals surface area contributed by atoms with Gasteiger partial charge in [0.05, 0.1) is 11.4 Å². The van der Waals surface area contributed by atoms with Crippen molar-refractivity contribution in [2.75, 3.05) is 24.5 Å². The standard InChI is InChI=1S/C24H30FN5O4/c1-28-20-13-17(14-6-9-29(10-7-14)16-4-2-15(3-5-16)23(32)33)19(25)12-18(20)22(27-28)30-11-8-21(31)26-24(30)34/h12-16H,2-11H2,1H3,(H,32,33)(H,26,31,34). The van der Waals surface area contributed by atoms with Crippen LogP contribution in [-0.4, -0.2) is 63.4 Å². The Labute approximate surface area is 196 Å². The number of benzene rings is 1. The highest BCUT2D eigenvalue weighted by Gasteiger charge is 2.33. The number of rotatable bonds is 4. The van der Waals surface area contributed by atoms with E-state index in [4.69, 9.17) is 0 Å². The third kappa shape index (κ3) is 4.15. The molecule has 5 rings (SSSR count). The number of likely N-dealkylation sites (tertiary alicyclic amines) is 1. The summed E-state index contributed by atoms with van der Waals surface area (Å²) in [5.74, 6) is -1.05. The van der Waals surface area contributed by atoms with Crippen LogP contribution in [0.2, 0.25) is 0 Å². The molecule has 3 heterocycles. The van der Waals surface area contributed by atoms with Gasteiger partial charge in [0.15, 0.2) is 5.82 Å². The highest BCUT2D eigenvalue weighted by atomic mass is 19.1. The minimum atomic E-state index is -0.684. The summed E-state index contributed by atoms with van der Waals surface area (Å²) >= 11 is 0. The van der Waals surface area contributed by atoms with E-state index in [-0.39, 0.29) is 36.5 Å². The van der Waals surface area contributed by atoms with E-state index in [9.17, 15) is 19.5 Å². The van der Waals surface area contributed by atoms with E-state index < -0.39 is 12.0 Å². The average molecular weight is 472 g/mol. The topological polar surface area (TPSA) is 108 Å². The summed E-state index contributed by atoms with van der Waals surface area (Å²) < 4.78 is 17.0. The number of carboxylic acids is 1. The molecule has 2 N–H and O–H groups in total. The van der Waals surface area contributed by atoms with Gasteiger partial charge >= 0.3 is 12.0 Å². The van der Waals surface area contributed by atoms with Crippen molar-refractivity contribution >= 4 is 34.6 Å². The van der Waals surface area contributed by atoms with Gasteiger partial charge in [0.1, 0.15) is 5.82 Å². The van der Waals surface area contributed by atoms with Crippen LogP contribution in [0.5, 0.6) is 0 Å². The predicted octanol–water partition coefficient (Wildman–Crippen LogP) is 2.98. The molecule has 2 aliphatic heterocycles. The highest BCUT2D eigenvalue weighted by Crippen LogP contribution is 2.37. The first-order chi connectivity index (χ1) is 16.3. The fraction of sp³-hybridized carbons (Fsp3) is 0.583. The summed E-state index contributed by atoms with van der Waals surface area (Å²) in [5, 5.41) is 16.5. The molecule has 2 saturated heterocycles. The Hall–Kier alpha value is -3.01. The molecule has 0 unspecified atom stereocenters. The van der Waals surface area contributed by atoms with Crippen LogP contribution in [0.25, 0.3) is 10.9 Å². The number of aliphatic carboxylic acids is 1. The largest absolute Gasteiger partial charge is 0.481 e. The van der Waals surface area contributed by atoms with E-state index in [0.29, 0.717) is 22.8 Å². The third-order valence-corrected chi connectivity index (χ3v) is 7.79. The number of carbonyl (C=O) groups is 3. The second-order valence-electron chi connectivity index (χ2n) is 9.75. The highest BCUT2D eigenvalue weighted by molar-refractivity contribution is 6.08. The minimum absolute atomic E-state index is 0.102. The van der Waals surface area contributed by atoms with Crippen molar-refractivity contribution in [3.8, 4) is 0 Å². The number of fused-ring (bicyclic) bond motifs is 1. The molecule has 1 aromatic heterocycles. The molecule has 3 aliphatic rings. The summed E-state index contributed by atoms with van der Waals surface area (Å²) in [7, 11) is 1.77. The number of urea groups is 1. The van der Waals surface area contributed by atoms with Gasteiger partial charge in [0.25, 0.3) is 0 Å². The smallest absolute Gasteiger partial charge is 0.329 e. The molecule has 1 aromatic carbocycles.